The second-order valence-corrected chi connectivity index (χ2v) is 3.57. The van der Waals surface area contributed by atoms with Crippen molar-refractivity contribution in [3.05, 3.63) is 29.8 Å². The molecule has 0 bridgehead atoms. The van der Waals surface area contributed by atoms with Crippen LogP contribution in [0.15, 0.2) is 24.3 Å². The Morgan fingerprint density at radius 1 is 1.47 bits per heavy atom. The third-order valence-electron chi connectivity index (χ3n) is 2.61. The molecule has 1 aromatic rings. The van der Waals surface area contributed by atoms with Gasteiger partial charge in [0.05, 0.1) is 6.54 Å². The van der Waals surface area contributed by atoms with Crippen molar-refractivity contribution in [1.29, 1.82) is 0 Å². The summed E-state index contributed by atoms with van der Waals surface area (Å²) in [6.07, 6.45) is 0.456. The van der Waals surface area contributed by atoms with Crippen LogP contribution in [0.3, 0.4) is 0 Å². The molecule has 1 aliphatic rings. The van der Waals surface area contributed by atoms with Crippen molar-refractivity contribution in [1.82, 2.24) is 0 Å². The third kappa shape index (κ3) is 1.76. The largest absolute Gasteiger partial charge is 0.325 e. The van der Waals surface area contributed by atoms with E-state index in [0.717, 1.165) is 11.3 Å². The zero-order valence-corrected chi connectivity index (χ0v) is 8.19. The van der Waals surface area contributed by atoms with Gasteiger partial charge in [-0.25, -0.2) is 0 Å². The SMILES string of the molecule is NCC(=O)C1Cc2ccccc2NC1=O. The molecule has 0 saturated carbocycles. The second-order valence-electron chi connectivity index (χ2n) is 3.57. The van der Waals surface area contributed by atoms with Gasteiger partial charge in [0.25, 0.3) is 0 Å². The first kappa shape index (κ1) is 9.86. The molecule has 0 aliphatic carbocycles. The average molecular weight is 204 g/mol. The molecule has 1 heterocycles. The van der Waals surface area contributed by atoms with Gasteiger partial charge in [-0.05, 0) is 18.1 Å². The number of amides is 1. The molecule has 4 nitrogen and oxygen atoms in total. The standard InChI is InChI=1S/C11H12N2O2/c12-6-10(14)8-5-7-3-1-2-4-9(7)13-11(8)15/h1-4,8H,5-6,12H2,(H,13,15). The molecule has 1 unspecified atom stereocenters. The van der Waals surface area contributed by atoms with Crippen molar-refractivity contribution in [2.45, 2.75) is 6.42 Å². The number of benzene rings is 1. The molecular formula is C11H12N2O2. The van der Waals surface area contributed by atoms with Gasteiger partial charge in [0.2, 0.25) is 5.91 Å². The Morgan fingerprint density at radius 3 is 2.93 bits per heavy atom. The predicted octanol–water partition coefficient (Wildman–Crippen LogP) is 0.325. The van der Waals surface area contributed by atoms with Crippen molar-refractivity contribution >= 4 is 17.4 Å². The number of rotatable bonds is 2. The maximum atomic E-state index is 11.6. The molecule has 1 atom stereocenters. The van der Waals surface area contributed by atoms with Crippen LogP contribution < -0.4 is 11.1 Å². The van der Waals surface area contributed by atoms with Gasteiger partial charge in [0, 0.05) is 5.69 Å². The van der Waals surface area contributed by atoms with E-state index < -0.39 is 5.92 Å². The van der Waals surface area contributed by atoms with Crippen LogP contribution in [0.1, 0.15) is 5.56 Å². The minimum Gasteiger partial charge on any atom is -0.325 e. The number of fused-ring (bicyclic) bond motifs is 1. The van der Waals surface area contributed by atoms with E-state index in [1.165, 1.54) is 0 Å². The summed E-state index contributed by atoms with van der Waals surface area (Å²) in [5.74, 6) is -1.07. The fraction of sp³-hybridized carbons (Fsp3) is 0.273. The van der Waals surface area contributed by atoms with E-state index in [1.54, 1.807) is 0 Å². The first-order chi connectivity index (χ1) is 7.22. The van der Waals surface area contributed by atoms with E-state index in [9.17, 15) is 9.59 Å². The number of hydrogen-bond donors (Lipinski definition) is 2. The van der Waals surface area contributed by atoms with E-state index in [1.807, 2.05) is 24.3 Å². The van der Waals surface area contributed by atoms with E-state index in [4.69, 9.17) is 5.73 Å². The quantitative estimate of drug-likeness (QED) is 0.682. The van der Waals surface area contributed by atoms with Gasteiger partial charge in [0.15, 0.2) is 5.78 Å². The number of carbonyl (C=O) groups is 2. The molecule has 0 fully saturated rings. The minimum atomic E-state index is -0.620. The van der Waals surface area contributed by atoms with Crippen LogP contribution in [0, 0.1) is 5.92 Å². The summed E-state index contributed by atoms with van der Waals surface area (Å²) in [7, 11) is 0. The highest BCUT2D eigenvalue weighted by atomic mass is 16.2. The number of Topliss-reactive ketones (excluding diaryl/α,β-unsaturated/α-hetero) is 1. The molecule has 4 heteroatoms. The summed E-state index contributed by atoms with van der Waals surface area (Å²) in [6, 6.07) is 7.48. The number of nitrogens with two attached hydrogens (primary N) is 1. The highest BCUT2D eigenvalue weighted by molar-refractivity contribution is 6.09. The first-order valence-corrected chi connectivity index (χ1v) is 4.84. The Hall–Kier alpha value is -1.68. The maximum absolute atomic E-state index is 11.6. The molecule has 1 amide bonds. The van der Waals surface area contributed by atoms with E-state index in [-0.39, 0.29) is 18.2 Å². The number of ketones is 1. The Morgan fingerprint density at radius 2 is 2.20 bits per heavy atom. The van der Waals surface area contributed by atoms with Gasteiger partial charge in [-0.3, -0.25) is 9.59 Å². The monoisotopic (exact) mass is 204 g/mol. The first-order valence-electron chi connectivity index (χ1n) is 4.84. The van der Waals surface area contributed by atoms with E-state index in [2.05, 4.69) is 5.32 Å². The van der Waals surface area contributed by atoms with Crippen LogP contribution in [-0.2, 0) is 16.0 Å². The molecule has 2 rings (SSSR count). The van der Waals surface area contributed by atoms with Crippen LogP contribution in [0.5, 0.6) is 0 Å². The molecule has 1 aliphatic heterocycles. The number of carbonyl (C=O) groups excluding carboxylic acids is 2. The van der Waals surface area contributed by atoms with Crippen molar-refractivity contribution in [3.63, 3.8) is 0 Å². The lowest BCUT2D eigenvalue weighted by atomic mass is 9.90. The summed E-state index contributed by atoms with van der Waals surface area (Å²) in [4.78, 5) is 23.0. The molecule has 0 saturated heterocycles. The van der Waals surface area contributed by atoms with Crippen molar-refractivity contribution in [2.24, 2.45) is 11.7 Å². The number of para-hydroxylation sites is 1. The highest BCUT2D eigenvalue weighted by Crippen LogP contribution is 2.25. The zero-order valence-electron chi connectivity index (χ0n) is 8.19. The average Bonchev–Trinajstić information content (AvgIpc) is 2.27. The lowest BCUT2D eigenvalue weighted by Gasteiger charge is -2.23. The fourth-order valence-corrected chi connectivity index (χ4v) is 1.76. The lowest BCUT2D eigenvalue weighted by Crippen LogP contribution is -2.38. The molecule has 0 aromatic heterocycles. The van der Waals surface area contributed by atoms with Gasteiger partial charge in [-0.15, -0.1) is 0 Å². The molecule has 3 N–H and O–H groups in total. The summed E-state index contributed by atoms with van der Waals surface area (Å²) in [5, 5.41) is 2.71. The second kappa shape index (κ2) is 3.82. The van der Waals surface area contributed by atoms with Crippen molar-refractivity contribution < 1.29 is 9.59 Å². The number of anilines is 1. The van der Waals surface area contributed by atoms with Gasteiger partial charge in [-0.1, -0.05) is 18.2 Å². The van der Waals surface area contributed by atoms with Gasteiger partial charge in [0.1, 0.15) is 5.92 Å². The van der Waals surface area contributed by atoms with Crippen LogP contribution in [0.25, 0.3) is 0 Å². The lowest BCUT2D eigenvalue weighted by molar-refractivity contribution is -0.130. The maximum Gasteiger partial charge on any atom is 0.235 e. The molecule has 78 valence electrons. The third-order valence-corrected chi connectivity index (χ3v) is 2.61. The van der Waals surface area contributed by atoms with E-state index >= 15 is 0 Å². The summed E-state index contributed by atoms with van der Waals surface area (Å²) >= 11 is 0. The van der Waals surface area contributed by atoms with Gasteiger partial charge < -0.3 is 11.1 Å². The predicted molar refractivity (Wildman–Crippen MR) is 56.3 cm³/mol. The fourth-order valence-electron chi connectivity index (χ4n) is 1.76. The molecule has 15 heavy (non-hydrogen) atoms. The Balaban J connectivity index is 2.29. The minimum absolute atomic E-state index is 0.0831. The van der Waals surface area contributed by atoms with Crippen LogP contribution >= 0.6 is 0 Å². The summed E-state index contributed by atoms with van der Waals surface area (Å²) in [6.45, 7) is -0.0831. The normalized spacial score (nSPS) is 19.3. The smallest absolute Gasteiger partial charge is 0.235 e. The van der Waals surface area contributed by atoms with Crippen LogP contribution in [0.4, 0.5) is 5.69 Å². The Labute approximate surface area is 87.5 Å². The highest BCUT2D eigenvalue weighted by Gasteiger charge is 2.30. The van der Waals surface area contributed by atoms with Crippen molar-refractivity contribution in [3.8, 4) is 0 Å². The molecular weight excluding hydrogens is 192 g/mol. The zero-order chi connectivity index (χ0) is 10.8. The van der Waals surface area contributed by atoms with Gasteiger partial charge >= 0.3 is 0 Å². The van der Waals surface area contributed by atoms with Crippen LogP contribution in [0.2, 0.25) is 0 Å². The van der Waals surface area contributed by atoms with Gasteiger partial charge in [-0.2, -0.15) is 0 Å². The topological polar surface area (TPSA) is 72.2 Å². The van der Waals surface area contributed by atoms with Crippen molar-refractivity contribution in [2.75, 3.05) is 11.9 Å². The number of nitrogens with one attached hydrogen (secondary N) is 1. The van der Waals surface area contributed by atoms with Crippen LogP contribution in [-0.4, -0.2) is 18.2 Å². The Kier molecular flexibility index (Phi) is 2.51. The summed E-state index contributed by atoms with van der Waals surface area (Å²) in [5.41, 5.74) is 7.04. The Bertz CT molecular complexity index is 415. The number of hydrogen-bond acceptors (Lipinski definition) is 3. The molecule has 1 aromatic carbocycles. The molecule has 0 radical (unpaired) electrons. The van der Waals surface area contributed by atoms with E-state index in [0.29, 0.717) is 6.42 Å². The summed E-state index contributed by atoms with van der Waals surface area (Å²) < 4.78 is 0. The molecule has 0 spiro atoms.